The lowest BCUT2D eigenvalue weighted by Crippen LogP contribution is -2.50. The van der Waals surface area contributed by atoms with Crippen molar-refractivity contribution >= 4 is 17.5 Å². The number of fused-ring (bicyclic) bond motifs is 1. The Hall–Kier alpha value is -2.96. The minimum Gasteiger partial charge on any atom is -0.353 e. The maximum atomic E-state index is 13.0. The van der Waals surface area contributed by atoms with Crippen LogP contribution >= 0.6 is 0 Å². The minimum absolute atomic E-state index is 0.0644. The summed E-state index contributed by atoms with van der Waals surface area (Å²) >= 11 is 0. The van der Waals surface area contributed by atoms with Crippen molar-refractivity contribution in [2.75, 3.05) is 31.1 Å². The molecule has 0 N–H and O–H groups in total. The number of benzene rings is 1. The standard InChI is InChI=1S/C20H24N6O/c1-3-17(16-7-5-4-6-8-16)19(27)25-11-9-24(10-12-25)18-13-15(2)26-14-21-23-20(26)22-18/h4-8,13-14,17H,3,9-12H2,1-2H3/t17-/m1/s1. The van der Waals surface area contributed by atoms with Crippen LogP contribution in [-0.2, 0) is 4.79 Å². The monoisotopic (exact) mass is 364 g/mol. The Morgan fingerprint density at radius 2 is 1.89 bits per heavy atom. The molecule has 27 heavy (non-hydrogen) atoms. The predicted octanol–water partition coefficient (Wildman–Crippen LogP) is 2.28. The third-order valence-electron chi connectivity index (χ3n) is 5.29. The van der Waals surface area contributed by atoms with E-state index in [1.807, 2.05) is 52.6 Å². The van der Waals surface area contributed by atoms with Crippen LogP contribution in [0.5, 0.6) is 0 Å². The van der Waals surface area contributed by atoms with E-state index in [1.165, 1.54) is 0 Å². The molecule has 2 aromatic heterocycles. The van der Waals surface area contributed by atoms with Crippen LogP contribution in [0.4, 0.5) is 5.82 Å². The highest BCUT2D eigenvalue weighted by atomic mass is 16.2. The van der Waals surface area contributed by atoms with Gasteiger partial charge in [0.25, 0.3) is 5.78 Å². The van der Waals surface area contributed by atoms with Crippen molar-refractivity contribution in [2.45, 2.75) is 26.2 Å². The number of anilines is 1. The quantitative estimate of drug-likeness (QED) is 0.710. The lowest BCUT2D eigenvalue weighted by Gasteiger charge is -2.37. The summed E-state index contributed by atoms with van der Waals surface area (Å²) in [5, 5.41) is 7.98. The van der Waals surface area contributed by atoms with Crippen LogP contribution in [-0.4, -0.2) is 56.6 Å². The summed E-state index contributed by atoms with van der Waals surface area (Å²) in [6.07, 6.45) is 2.49. The molecule has 1 fully saturated rings. The first kappa shape index (κ1) is 17.5. The fourth-order valence-corrected chi connectivity index (χ4v) is 3.72. The van der Waals surface area contributed by atoms with Crippen molar-refractivity contribution in [1.82, 2.24) is 24.5 Å². The molecule has 0 radical (unpaired) electrons. The third-order valence-corrected chi connectivity index (χ3v) is 5.29. The summed E-state index contributed by atoms with van der Waals surface area (Å²) in [4.78, 5) is 21.8. The highest BCUT2D eigenvalue weighted by Crippen LogP contribution is 2.24. The van der Waals surface area contributed by atoms with Crippen molar-refractivity contribution < 1.29 is 4.79 Å². The zero-order chi connectivity index (χ0) is 18.8. The number of rotatable bonds is 4. The van der Waals surface area contributed by atoms with Gasteiger partial charge in [-0.2, -0.15) is 4.98 Å². The molecule has 0 saturated carbocycles. The number of hydrogen-bond donors (Lipinski definition) is 0. The SMILES string of the molecule is CC[C@@H](C(=O)N1CCN(c2cc(C)n3cnnc3n2)CC1)c1ccccc1. The Bertz CT molecular complexity index is 930. The molecule has 4 rings (SSSR count). The van der Waals surface area contributed by atoms with Gasteiger partial charge in [-0.25, -0.2) is 0 Å². The molecule has 1 aromatic carbocycles. The number of hydrogen-bond acceptors (Lipinski definition) is 5. The highest BCUT2D eigenvalue weighted by molar-refractivity contribution is 5.84. The molecule has 1 aliphatic heterocycles. The van der Waals surface area contributed by atoms with Crippen LogP contribution < -0.4 is 4.90 Å². The van der Waals surface area contributed by atoms with Crippen LogP contribution in [0.15, 0.2) is 42.7 Å². The van der Waals surface area contributed by atoms with E-state index in [9.17, 15) is 4.79 Å². The summed E-state index contributed by atoms with van der Waals surface area (Å²) < 4.78 is 1.87. The lowest BCUT2D eigenvalue weighted by molar-refractivity contribution is -0.133. The van der Waals surface area contributed by atoms with Crippen molar-refractivity contribution in [3.63, 3.8) is 0 Å². The molecule has 1 aliphatic rings. The molecule has 1 atom stereocenters. The van der Waals surface area contributed by atoms with Gasteiger partial charge in [0.15, 0.2) is 0 Å². The van der Waals surface area contributed by atoms with Gasteiger partial charge in [-0.05, 0) is 18.9 Å². The number of carbonyl (C=O) groups is 1. The van der Waals surface area contributed by atoms with E-state index in [-0.39, 0.29) is 11.8 Å². The topological polar surface area (TPSA) is 66.6 Å². The lowest BCUT2D eigenvalue weighted by atomic mass is 9.95. The Morgan fingerprint density at radius 3 is 2.59 bits per heavy atom. The highest BCUT2D eigenvalue weighted by Gasteiger charge is 2.28. The van der Waals surface area contributed by atoms with E-state index in [0.717, 1.165) is 36.6 Å². The average Bonchev–Trinajstić information content (AvgIpc) is 3.19. The van der Waals surface area contributed by atoms with E-state index in [4.69, 9.17) is 0 Å². The second kappa shape index (κ2) is 7.34. The van der Waals surface area contributed by atoms with Gasteiger partial charge in [-0.1, -0.05) is 37.3 Å². The Morgan fingerprint density at radius 1 is 1.15 bits per heavy atom. The third kappa shape index (κ3) is 3.37. The number of aromatic nitrogens is 4. The first-order chi connectivity index (χ1) is 13.2. The Balaban J connectivity index is 1.45. The largest absolute Gasteiger partial charge is 0.353 e. The maximum absolute atomic E-state index is 13.0. The molecule has 0 aliphatic carbocycles. The average molecular weight is 364 g/mol. The zero-order valence-electron chi connectivity index (χ0n) is 15.7. The summed E-state index contributed by atoms with van der Waals surface area (Å²) in [5.74, 6) is 1.67. The second-order valence-electron chi connectivity index (χ2n) is 6.94. The second-order valence-corrected chi connectivity index (χ2v) is 6.94. The molecule has 0 spiro atoms. The van der Waals surface area contributed by atoms with Gasteiger partial charge in [0.1, 0.15) is 12.1 Å². The van der Waals surface area contributed by atoms with Crippen LogP contribution in [0.25, 0.3) is 5.78 Å². The Labute approximate surface area is 158 Å². The molecule has 0 bridgehead atoms. The van der Waals surface area contributed by atoms with Gasteiger partial charge in [0.2, 0.25) is 5.91 Å². The van der Waals surface area contributed by atoms with Crippen molar-refractivity contribution in [1.29, 1.82) is 0 Å². The molecular formula is C20H24N6O. The van der Waals surface area contributed by atoms with Gasteiger partial charge in [0.05, 0.1) is 5.92 Å². The zero-order valence-corrected chi connectivity index (χ0v) is 15.7. The summed E-state index contributed by atoms with van der Waals surface area (Å²) in [6.45, 7) is 7.06. The number of carbonyl (C=O) groups excluding carboxylic acids is 1. The number of nitrogens with zero attached hydrogens (tertiary/aromatic N) is 6. The molecule has 1 saturated heterocycles. The van der Waals surface area contributed by atoms with Gasteiger partial charge < -0.3 is 9.80 Å². The van der Waals surface area contributed by atoms with E-state index in [0.29, 0.717) is 18.9 Å². The molecule has 3 aromatic rings. The van der Waals surface area contributed by atoms with E-state index in [1.54, 1.807) is 6.33 Å². The fraction of sp³-hybridized carbons (Fsp3) is 0.400. The van der Waals surface area contributed by atoms with Crippen molar-refractivity contribution in [3.05, 3.63) is 54.0 Å². The van der Waals surface area contributed by atoms with Gasteiger partial charge in [-0.3, -0.25) is 9.20 Å². The number of piperazine rings is 1. The van der Waals surface area contributed by atoms with E-state index < -0.39 is 0 Å². The van der Waals surface area contributed by atoms with Crippen LogP contribution in [0.1, 0.15) is 30.5 Å². The summed E-state index contributed by atoms with van der Waals surface area (Å²) in [7, 11) is 0. The first-order valence-electron chi connectivity index (χ1n) is 9.43. The molecule has 1 amide bonds. The smallest absolute Gasteiger partial charge is 0.256 e. The number of aryl methyl sites for hydroxylation is 1. The molecule has 0 unspecified atom stereocenters. The molecular weight excluding hydrogens is 340 g/mol. The van der Waals surface area contributed by atoms with E-state index >= 15 is 0 Å². The summed E-state index contributed by atoms with van der Waals surface area (Å²) in [5.41, 5.74) is 2.15. The first-order valence-corrected chi connectivity index (χ1v) is 9.43. The fourth-order valence-electron chi connectivity index (χ4n) is 3.72. The van der Waals surface area contributed by atoms with Crippen molar-refractivity contribution in [3.8, 4) is 0 Å². The van der Waals surface area contributed by atoms with Gasteiger partial charge in [0, 0.05) is 37.9 Å². The van der Waals surface area contributed by atoms with Gasteiger partial charge in [-0.15, -0.1) is 10.2 Å². The van der Waals surface area contributed by atoms with E-state index in [2.05, 4.69) is 27.0 Å². The maximum Gasteiger partial charge on any atom is 0.256 e. The number of amides is 1. The predicted molar refractivity (Wildman–Crippen MR) is 104 cm³/mol. The van der Waals surface area contributed by atoms with Gasteiger partial charge >= 0.3 is 0 Å². The molecule has 140 valence electrons. The van der Waals surface area contributed by atoms with Crippen LogP contribution in [0.2, 0.25) is 0 Å². The molecule has 7 nitrogen and oxygen atoms in total. The minimum atomic E-state index is -0.0644. The van der Waals surface area contributed by atoms with Crippen molar-refractivity contribution in [2.24, 2.45) is 0 Å². The summed E-state index contributed by atoms with van der Waals surface area (Å²) in [6, 6.07) is 12.1. The molecule has 3 heterocycles. The van der Waals surface area contributed by atoms with Crippen LogP contribution in [0, 0.1) is 6.92 Å². The Kier molecular flexibility index (Phi) is 4.75. The normalized spacial score (nSPS) is 15.9. The van der Waals surface area contributed by atoms with Crippen LogP contribution in [0.3, 0.4) is 0 Å². The molecule has 7 heteroatoms.